The van der Waals surface area contributed by atoms with Crippen LogP contribution in [0.4, 0.5) is 0 Å². The molecule has 20 heavy (non-hydrogen) atoms. The number of benzene rings is 1. The van der Waals surface area contributed by atoms with Crippen molar-refractivity contribution >= 4 is 11.6 Å². The molecule has 0 aromatic heterocycles. The minimum atomic E-state index is 0.480. The van der Waals surface area contributed by atoms with Crippen LogP contribution >= 0.6 is 11.6 Å². The van der Waals surface area contributed by atoms with Gasteiger partial charge in [0.25, 0.3) is 0 Å². The van der Waals surface area contributed by atoms with Gasteiger partial charge in [-0.3, -0.25) is 0 Å². The molecule has 3 heteroatoms. The summed E-state index contributed by atoms with van der Waals surface area (Å²) in [4.78, 5) is 0. The van der Waals surface area contributed by atoms with Crippen molar-refractivity contribution in [3.05, 3.63) is 34.9 Å². The van der Waals surface area contributed by atoms with E-state index in [0.717, 1.165) is 30.6 Å². The molecule has 1 saturated carbocycles. The molecule has 1 aliphatic carbocycles. The first-order valence-corrected chi connectivity index (χ1v) is 8.27. The van der Waals surface area contributed by atoms with Crippen LogP contribution in [0.15, 0.2) is 24.3 Å². The second-order valence-corrected chi connectivity index (χ2v) is 6.69. The summed E-state index contributed by atoms with van der Waals surface area (Å²) >= 11 is 5.96. The second-order valence-electron chi connectivity index (χ2n) is 6.25. The monoisotopic (exact) mass is 293 g/mol. The van der Waals surface area contributed by atoms with E-state index in [2.05, 4.69) is 17.4 Å². The van der Waals surface area contributed by atoms with Crippen LogP contribution in [-0.4, -0.2) is 25.3 Å². The molecular formula is C17H24ClNO. The van der Waals surface area contributed by atoms with Crippen LogP contribution in [0.25, 0.3) is 0 Å². The quantitative estimate of drug-likeness (QED) is 0.825. The molecule has 2 unspecified atom stereocenters. The fourth-order valence-electron chi connectivity index (χ4n) is 3.02. The lowest BCUT2D eigenvalue weighted by Gasteiger charge is -2.21. The molecule has 0 bridgehead atoms. The van der Waals surface area contributed by atoms with E-state index in [0.29, 0.717) is 12.0 Å². The molecular weight excluding hydrogens is 270 g/mol. The van der Waals surface area contributed by atoms with Crippen molar-refractivity contribution in [2.24, 2.45) is 5.92 Å². The summed E-state index contributed by atoms with van der Waals surface area (Å²) in [5, 5.41) is 4.50. The lowest BCUT2D eigenvalue weighted by atomic mass is 9.92. The Morgan fingerprint density at radius 1 is 1.20 bits per heavy atom. The molecule has 110 valence electrons. The van der Waals surface area contributed by atoms with Gasteiger partial charge in [-0.15, -0.1) is 0 Å². The molecule has 2 fully saturated rings. The van der Waals surface area contributed by atoms with Gasteiger partial charge in [-0.2, -0.15) is 0 Å². The van der Waals surface area contributed by atoms with Crippen molar-refractivity contribution in [3.63, 3.8) is 0 Å². The van der Waals surface area contributed by atoms with E-state index in [4.69, 9.17) is 16.3 Å². The highest BCUT2D eigenvalue weighted by Gasteiger charge is 2.25. The average molecular weight is 294 g/mol. The highest BCUT2D eigenvalue weighted by atomic mass is 35.5. The number of halogens is 1. The highest BCUT2D eigenvalue weighted by Crippen LogP contribution is 2.25. The number of rotatable bonds is 7. The zero-order valence-corrected chi connectivity index (χ0v) is 12.7. The Hall–Kier alpha value is -0.570. The van der Waals surface area contributed by atoms with Gasteiger partial charge in [0.15, 0.2) is 0 Å². The maximum atomic E-state index is 5.96. The van der Waals surface area contributed by atoms with Gasteiger partial charge in [0, 0.05) is 17.7 Å². The molecule has 2 aliphatic rings. The number of nitrogens with one attached hydrogen (secondary N) is 1. The molecule has 0 amide bonds. The molecule has 1 aromatic rings. The van der Waals surface area contributed by atoms with Crippen LogP contribution in [0.5, 0.6) is 0 Å². The van der Waals surface area contributed by atoms with Crippen LogP contribution in [0.2, 0.25) is 5.02 Å². The minimum absolute atomic E-state index is 0.480. The SMILES string of the molecule is Clc1ccc(CC(CNC2CC2)CC2CCCO2)cc1. The van der Waals surface area contributed by atoms with E-state index in [9.17, 15) is 0 Å². The van der Waals surface area contributed by atoms with Crippen molar-refractivity contribution in [3.8, 4) is 0 Å². The van der Waals surface area contributed by atoms with Gasteiger partial charge in [-0.25, -0.2) is 0 Å². The predicted octanol–water partition coefficient (Wildman–Crippen LogP) is 3.82. The number of hydrogen-bond donors (Lipinski definition) is 1. The molecule has 1 aliphatic heterocycles. The number of ether oxygens (including phenoxy) is 1. The Balaban J connectivity index is 1.55. The second kappa shape index (κ2) is 6.93. The predicted molar refractivity (Wildman–Crippen MR) is 83.3 cm³/mol. The standard InChI is InChI=1S/C17H24ClNO/c18-15-5-3-13(4-6-15)10-14(12-19-16-7-8-16)11-17-2-1-9-20-17/h3-6,14,16-17,19H,1-2,7-12H2. The Kier molecular flexibility index (Phi) is 4.98. The third kappa shape index (κ3) is 4.47. The van der Waals surface area contributed by atoms with Gasteiger partial charge in [0.2, 0.25) is 0 Å². The first-order valence-electron chi connectivity index (χ1n) is 7.89. The van der Waals surface area contributed by atoms with Crippen molar-refractivity contribution in [2.75, 3.05) is 13.2 Å². The van der Waals surface area contributed by atoms with E-state index in [1.165, 1.54) is 37.7 Å². The molecule has 1 heterocycles. The Bertz CT molecular complexity index is 410. The number of hydrogen-bond acceptors (Lipinski definition) is 2. The Labute approximate surface area is 126 Å². The van der Waals surface area contributed by atoms with Crippen molar-refractivity contribution in [1.82, 2.24) is 5.32 Å². The summed E-state index contributed by atoms with van der Waals surface area (Å²) in [6, 6.07) is 9.08. The molecule has 0 radical (unpaired) electrons. The smallest absolute Gasteiger partial charge is 0.0579 e. The molecule has 1 saturated heterocycles. The lowest BCUT2D eigenvalue weighted by molar-refractivity contribution is 0.0892. The minimum Gasteiger partial charge on any atom is -0.378 e. The molecule has 0 spiro atoms. The van der Waals surface area contributed by atoms with Crippen LogP contribution in [0, 0.1) is 5.92 Å². The maximum Gasteiger partial charge on any atom is 0.0579 e. The summed E-state index contributed by atoms with van der Waals surface area (Å²) in [6.45, 7) is 2.07. The van der Waals surface area contributed by atoms with E-state index < -0.39 is 0 Å². The van der Waals surface area contributed by atoms with Gasteiger partial charge in [-0.05, 0) is 68.7 Å². The lowest BCUT2D eigenvalue weighted by Crippen LogP contribution is -2.28. The van der Waals surface area contributed by atoms with Gasteiger partial charge >= 0.3 is 0 Å². The van der Waals surface area contributed by atoms with Crippen LogP contribution in [0.1, 0.15) is 37.7 Å². The van der Waals surface area contributed by atoms with Crippen LogP contribution in [-0.2, 0) is 11.2 Å². The third-order valence-corrected chi connectivity index (χ3v) is 4.58. The zero-order chi connectivity index (χ0) is 13.8. The summed E-state index contributed by atoms with van der Waals surface area (Å²) in [5.74, 6) is 0.667. The fraction of sp³-hybridized carbons (Fsp3) is 0.647. The molecule has 1 N–H and O–H groups in total. The van der Waals surface area contributed by atoms with Crippen molar-refractivity contribution < 1.29 is 4.74 Å². The molecule has 1 aromatic carbocycles. The summed E-state index contributed by atoms with van der Waals surface area (Å²) in [7, 11) is 0. The summed E-state index contributed by atoms with van der Waals surface area (Å²) < 4.78 is 5.81. The largest absolute Gasteiger partial charge is 0.378 e. The molecule has 3 rings (SSSR count). The van der Waals surface area contributed by atoms with E-state index in [-0.39, 0.29) is 0 Å². The van der Waals surface area contributed by atoms with E-state index in [1.807, 2.05) is 12.1 Å². The fourth-order valence-corrected chi connectivity index (χ4v) is 3.14. The summed E-state index contributed by atoms with van der Waals surface area (Å²) in [5.41, 5.74) is 1.38. The van der Waals surface area contributed by atoms with Crippen molar-refractivity contribution in [2.45, 2.75) is 50.7 Å². The Morgan fingerprint density at radius 2 is 2.00 bits per heavy atom. The van der Waals surface area contributed by atoms with Gasteiger partial charge in [0.1, 0.15) is 0 Å². The average Bonchev–Trinajstić information content (AvgIpc) is 3.15. The van der Waals surface area contributed by atoms with Gasteiger partial charge in [0.05, 0.1) is 6.10 Å². The first kappa shape index (κ1) is 14.4. The molecule has 2 atom stereocenters. The highest BCUT2D eigenvalue weighted by molar-refractivity contribution is 6.30. The zero-order valence-electron chi connectivity index (χ0n) is 12.0. The first-order chi connectivity index (χ1) is 9.79. The molecule has 2 nitrogen and oxygen atoms in total. The normalized spacial score (nSPS) is 23.9. The van der Waals surface area contributed by atoms with Gasteiger partial charge in [-0.1, -0.05) is 23.7 Å². The third-order valence-electron chi connectivity index (χ3n) is 4.33. The van der Waals surface area contributed by atoms with E-state index >= 15 is 0 Å². The maximum absolute atomic E-state index is 5.96. The Morgan fingerprint density at radius 3 is 2.65 bits per heavy atom. The van der Waals surface area contributed by atoms with Crippen LogP contribution in [0.3, 0.4) is 0 Å². The van der Waals surface area contributed by atoms with Crippen molar-refractivity contribution in [1.29, 1.82) is 0 Å². The summed E-state index contributed by atoms with van der Waals surface area (Å²) in [6.07, 6.45) is 7.96. The van der Waals surface area contributed by atoms with E-state index in [1.54, 1.807) is 0 Å². The van der Waals surface area contributed by atoms with Gasteiger partial charge < -0.3 is 10.1 Å². The topological polar surface area (TPSA) is 21.3 Å². The van der Waals surface area contributed by atoms with Crippen LogP contribution < -0.4 is 5.32 Å².